The van der Waals surface area contributed by atoms with E-state index in [0.29, 0.717) is 13.0 Å². The SMILES string of the molecule is CC(C)(C)[Si](C)(C)OC[C@H]1O[C@@H](n2c[c]c([O-])nc2=O)C[C@@H]1O[Si](C)(C)C(C)(C)C.[Li].[Na+]. The van der Waals surface area contributed by atoms with E-state index < -0.39 is 34.4 Å². The molecule has 32 heavy (non-hydrogen) atoms. The largest absolute Gasteiger partial charge is 1.00 e. The van der Waals surface area contributed by atoms with Gasteiger partial charge in [-0.25, -0.2) is 9.78 Å². The van der Waals surface area contributed by atoms with Gasteiger partial charge in [-0.1, -0.05) is 41.5 Å². The summed E-state index contributed by atoms with van der Waals surface area (Å²) < 4.78 is 20.7. The Bertz CT molecular complexity index is 809. The van der Waals surface area contributed by atoms with Crippen LogP contribution in [0, 0.1) is 6.07 Å². The average Bonchev–Trinajstić information content (AvgIpc) is 2.92. The Kier molecular flexibility index (Phi) is 11.8. The van der Waals surface area contributed by atoms with Gasteiger partial charge < -0.3 is 18.7 Å². The third kappa shape index (κ3) is 7.80. The molecule has 1 aromatic heterocycles. The number of hydrogen-bond acceptors (Lipinski definition) is 6. The van der Waals surface area contributed by atoms with Gasteiger partial charge in [-0.15, -0.1) is 0 Å². The molecular formula is C21H38LiN2NaO5Si2. The van der Waals surface area contributed by atoms with Crippen molar-refractivity contribution >= 4 is 35.5 Å². The van der Waals surface area contributed by atoms with E-state index in [9.17, 15) is 9.90 Å². The monoisotopic (exact) mass is 484 g/mol. The van der Waals surface area contributed by atoms with Gasteiger partial charge >= 0.3 is 35.2 Å². The van der Waals surface area contributed by atoms with Gasteiger partial charge in [-0.05, 0) is 36.3 Å². The standard InChI is InChI=1S/C21H39N2O5Si2.Li.Na/c1-20(2,3)29(7,8)26-14-16-15(28-30(9,10)21(4,5)6)13-18(27-16)23-12-11-17(24)22-19(23)25;;/h12,15-16,18H,13-14H2,1-10H3,(H,22,24,25);;/q;;+1/p-1/t15-,16+,18+;;/m0../s1. The van der Waals surface area contributed by atoms with Gasteiger partial charge in [0.1, 0.15) is 12.3 Å². The van der Waals surface area contributed by atoms with Gasteiger partial charge in [0.15, 0.2) is 16.6 Å². The molecule has 0 unspecified atom stereocenters. The summed E-state index contributed by atoms with van der Waals surface area (Å²) in [4.78, 5) is 15.7. The van der Waals surface area contributed by atoms with E-state index in [1.165, 1.54) is 10.8 Å². The van der Waals surface area contributed by atoms with Gasteiger partial charge in [0, 0.05) is 43.4 Å². The summed E-state index contributed by atoms with van der Waals surface area (Å²) in [6.07, 6.45) is 0.801. The van der Waals surface area contributed by atoms with Crippen molar-refractivity contribution in [2.75, 3.05) is 6.61 Å². The summed E-state index contributed by atoms with van der Waals surface area (Å²) in [6.45, 7) is 22.4. The van der Waals surface area contributed by atoms with Crippen LogP contribution in [0.25, 0.3) is 0 Å². The second kappa shape index (κ2) is 11.6. The van der Waals surface area contributed by atoms with E-state index >= 15 is 0 Å². The van der Waals surface area contributed by atoms with Crippen LogP contribution in [0.15, 0.2) is 11.0 Å². The molecule has 2 heterocycles. The molecular weight excluding hydrogens is 446 g/mol. The molecule has 11 heteroatoms. The van der Waals surface area contributed by atoms with Gasteiger partial charge in [0.05, 0.1) is 12.7 Å². The van der Waals surface area contributed by atoms with Crippen LogP contribution in [0.2, 0.25) is 36.3 Å². The van der Waals surface area contributed by atoms with Gasteiger partial charge in [-0.2, -0.15) is 0 Å². The van der Waals surface area contributed by atoms with Gasteiger partial charge in [0.25, 0.3) is 0 Å². The molecule has 1 aromatic rings. The Labute approximate surface area is 229 Å². The second-order valence-corrected chi connectivity index (χ2v) is 20.8. The molecule has 0 aromatic carbocycles. The maximum Gasteiger partial charge on any atom is 1.00 e. The second-order valence-electron chi connectivity index (χ2n) is 11.2. The summed E-state index contributed by atoms with van der Waals surface area (Å²) in [6, 6.07) is 2.46. The molecule has 2 rings (SSSR count). The van der Waals surface area contributed by atoms with E-state index in [-0.39, 0.29) is 70.7 Å². The zero-order valence-electron chi connectivity index (χ0n) is 22.2. The zero-order chi connectivity index (χ0) is 23.1. The summed E-state index contributed by atoms with van der Waals surface area (Å²) in [5, 5.41) is 11.5. The normalized spacial score (nSPS) is 22.2. The zero-order valence-corrected chi connectivity index (χ0v) is 26.2. The molecule has 7 nitrogen and oxygen atoms in total. The maximum atomic E-state index is 12.2. The van der Waals surface area contributed by atoms with Crippen LogP contribution in [0.4, 0.5) is 0 Å². The Hall–Kier alpha value is 0.591. The van der Waals surface area contributed by atoms with Crippen LogP contribution >= 0.6 is 0 Å². The molecule has 3 atom stereocenters. The van der Waals surface area contributed by atoms with E-state index in [4.69, 9.17) is 13.6 Å². The van der Waals surface area contributed by atoms with E-state index in [0.717, 1.165) is 0 Å². The minimum absolute atomic E-state index is 0. The molecule has 2 radical (unpaired) electrons. The van der Waals surface area contributed by atoms with E-state index in [1.54, 1.807) is 0 Å². The van der Waals surface area contributed by atoms with Crippen molar-refractivity contribution in [3.8, 4) is 5.88 Å². The third-order valence-electron chi connectivity index (χ3n) is 6.90. The number of rotatable bonds is 6. The van der Waals surface area contributed by atoms with Gasteiger partial charge in [0.2, 0.25) is 0 Å². The first-order valence-electron chi connectivity index (χ1n) is 10.6. The first-order chi connectivity index (χ1) is 13.4. The van der Waals surface area contributed by atoms with Crippen LogP contribution in [-0.4, -0.2) is 63.9 Å². The summed E-state index contributed by atoms with van der Waals surface area (Å²) in [5.74, 6) is -0.666. The van der Waals surface area contributed by atoms with Crippen LogP contribution in [0.1, 0.15) is 54.2 Å². The molecule has 172 valence electrons. The van der Waals surface area contributed by atoms with Crippen molar-refractivity contribution in [1.82, 2.24) is 9.55 Å². The summed E-state index contributed by atoms with van der Waals surface area (Å²) in [7, 11) is -4.03. The number of nitrogens with zero attached hydrogens (tertiary/aromatic N) is 2. The summed E-state index contributed by atoms with van der Waals surface area (Å²) in [5.41, 5.74) is -0.624. The van der Waals surface area contributed by atoms with Crippen LogP contribution < -0.4 is 40.4 Å². The molecule has 0 spiro atoms. The molecule has 0 aliphatic carbocycles. The third-order valence-corrected chi connectivity index (χ3v) is 15.9. The van der Waals surface area contributed by atoms with Gasteiger partial charge in [-0.3, -0.25) is 4.57 Å². The Morgan fingerprint density at radius 2 is 1.69 bits per heavy atom. The Morgan fingerprint density at radius 3 is 2.16 bits per heavy atom. The van der Waals surface area contributed by atoms with E-state index in [2.05, 4.69) is 78.8 Å². The fourth-order valence-electron chi connectivity index (χ4n) is 2.77. The van der Waals surface area contributed by atoms with Crippen molar-refractivity contribution in [1.29, 1.82) is 0 Å². The molecule has 1 saturated heterocycles. The van der Waals surface area contributed by atoms with Crippen molar-refractivity contribution in [3.05, 3.63) is 22.7 Å². The smallest absolute Gasteiger partial charge is 0.858 e. The van der Waals surface area contributed by atoms with Crippen LogP contribution in [0.5, 0.6) is 5.88 Å². The average molecular weight is 485 g/mol. The topological polar surface area (TPSA) is 85.6 Å². The fraction of sp³-hybridized carbons (Fsp3) is 0.810. The van der Waals surface area contributed by atoms with E-state index in [1.807, 2.05) is 0 Å². The van der Waals surface area contributed by atoms with Crippen molar-refractivity contribution in [2.24, 2.45) is 0 Å². The van der Waals surface area contributed by atoms with Crippen LogP contribution in [0.3, 0.4) is 0 Å². The molecule has 0 N–H and O–H groups in total. The Balaban J connectivity index is 0.00000480. The van der Waals surface area contributed by atoms with Crippen LogP contribution in [-0.2, 0) is 13.6 Å². The molecule has 0 saturated carbocycles. The van der Waals surface area contributed by atoms with Crippen molar-refractivity contribution in [3.63, 3.8) is 0 Å². The molecule has 1 fully saturated rings. The Morgan fingerprint density at radius 1 is 1.16 bits per heavy atom. The minimum Gasteiger partial charge on any atom is -0.858 e. The number of ether oxygens (including phenoxy) is 1. The molecule has 1 aliphatic rings. The number of hydrogen-bond donors (Lipinski definition) is 0. The minimum atomic E-state index is -2.06. The van der Waals surface area contributed by atoms with Crippen molar-refractivity contribution in [2.45, 2.75) is 103 Å². The predicted molar refractivity (Wildman–Crippen MR) is 126 cm³/mol. The first-order valence-corrected chi connectivity index (χ1v) is 16.4. The predicted octanol–water partition coefficient (Wildman–Crippen LogP) is 0.440. The van der Waals surface area contributed by atoms with Crippen molar-refractivity contribution < 1.29 is 48.3 Å². The maximum absolute atomic E-state index is 12.2. The molecule has 0 amide bonds. The summed E-state index contributed by atoms with van der Waals surface area (Å²) >= 11 is 0. The first kappa shape index (κ1) is 32.6. The number of aromatic nitrogens is 2. The molecule has 0 bridgehead atoms. The quantitative estimate of drug-likeness (QED) is 0.545. The fourth-order valence-corrected chi connectivity index (χ4v) is 5.14. The molecule has 1 aliphatic heterocycles.